The van der Waals surface area contributed by atoms with E-state index in [9.17, 15) is 28.3 Å². The number of carboxylic acid groups (broad SMARTS) is 1. The van der Waals surface area contributed by atoms with Crippen LogP contribution in [-0.4, -0.2) is 38.3 Å². The van der Waals surface area contributed by atoms with Gasteiger partial charge in [-0.15, -0.1) is 0 Å². The maximum atomic E-state index is 13.8. The summed E-state index contributed by atoms with van der Waals surface area (Å²) < 4.78 is 27.2. The lowest BCUT2D eigenvalue weighted by Crippen LogP contribution is -2.33. The van der Waals surface area contributed by atoms with E-state index in [1.54, 1.807) is 6.08 Å². The fraction of sp³-hybridized carbons (Fsp3) is 0.0417. The van der Waals surface area contributed by atoms with E-state index in [2.05, 4.69) is 15.4 Å². The molecule has 1 aliphatic carbocycles. The summed E-state index contributed by atoms with van der Waals surface area (Å²) in [5.41, 5.74) is 1.06. The van der Waals surface area contributed by atoms with Gasteiger partial charge < -0.3 is 5.11 Å². The molecule has 2 aliphatic rings. The Hall–Kier alpha value is -4.44. The van der Waals surface area contributed by atoms with Gasteiger partial charge in [0.05, 0.1) is 28.1 Å². The van der Waals surface area contributed by atoms with E-state index < -0.39 is 29.4 Å². The number of benzene rings is 2. The van der Waals surface area contributed by atoms with Crippen LogP contribution >= 0.6 is 11.6 Å². The van der Waals surface area contributed by atoms with Crippen molar-refractivity contribution in [1.29, 1.82) is 0 Å². The third-order valence-corrected chi connectivity index (χ3v) is 5.98. The molecule has 0 saturated carbocycles. The standard InChI is InChI=1S/C24H13ClF2N4O4/c25-17-9-16-13(4-5-14(17)20-10-28-30-29-20)22(32)31(23(16)33)21-8-12(1-3-15(21)24(34)35)11-2-6-18(26)19(27)7-11/h1-3,5-10H,4H2,(H,34,35)(H,28,29,30). The molecule has 0 saturated heterocycles. The lowest BCUT2D eigenvalue weighted by atomic mass is 10.0. The zero-order valence-corrected chi connectivity index (χ0v) is 18.3. The minimum absolute atomic E-state index is 0.0179. The Morgan fingerprint density at radius 2 is 1.80 bits per heavy atom. The molecule has 2 amide bonds. The second kappa shape index (κ2) is 8.41. The van der Waals surface area contributed by atoms with E-state index in [4.69, 9.17) is 11.6 Å². The summed E-state index contributed by atoms with van der Waals surface area (Å²) in [4.78, 5) is 39.3. The van der Waals surface area contributed by atoms with Crippen LogP contribution in [0.15, 0.2) is 70.9 Å². The van der Waals surface area contributed by atoms with Crippen LogP contribution in [-0.2, 0) is 9.59 Å². The van der Waals surface area contributed by atoms with Crippen molar-refractivity contribution in [2.24, 2.45) is 0 Å². The molecule has 2 heterocycles. The fourth-order valence-electron chi connectivity index (χ4n) is 3.97. The normalized spacial score (nSPS) is 15.7. The highest BCUT2D eigenvalue weighted by molar-refractivity contribution is 6.40. The number of hydrogen-bond acceptors (Lipinski definition) is 5. The van der Waals surface area contributed by atoms with Crippen LogP contribution in [0.4, 0.5) is 14.5 Å². The monoisotopic (exact) mass is 494 g/mol. The third-order valence-electron chi connectivity index (χ3n) is 5.67. The first kappa shape index (κ1) is 22.4. The number of amides is 2. The van der Waals surface area contributed by atoms with Crippen LogP contribution in [0.25, 0.3) is 16.7 Å². The SMILES string of the molecule is O=C(O)c1ccc(-c2ccc(F)c(F)c2)cc1N1C(=O)C2=C(CC=C(c3cn[nH]n3)C(Cl)=C2)C1=O. The molecule has 11 heteroatoms. The van der Waals surface area contributed by atoms with E-state index in [1.807, 2.05) is 0 Å². The Bertz CT molecular complexity index is 1530. The fourth-order valence-corrected chi connectivity index (χ4v) is 4.26. The van der Waals surface area contributed by atoms with Crippen LogP contribution < -0.4 is 4.90 Å². The van der Waals surface area contributed by atoms with Crippen LogP contribution in [0.3, 0.4) is 0 Å². The Kier molecular flexibility index (Phi) is 5.37. The Balaban J connectivity index is 1.57. The lowest BCUT2D eigenvalue weighted by molar-refractivity contribution is -0.120. The minimum Gasteiger partial charge on any atom is -0.478 e. The Labute approximate surface area is 200 Å². The summed E-state index contributed by atoms with van der Waals surface area (Å²) in [5, 5.41) is 20.0. The van der Waals surface area contributed by atoms with E-state index in [0.29, 0.717) is 11.3 Å². The van der Waals surface area contributed by atoms with Crippen molar-refractivity contribution in [2.75, 3.05) is 4.90 Å². The average molecular weight is 495 g/mol. The van der Waals surface area contributed by atoms with Crippen molar-refractivity contribution in [3.05, 3.63) is 93.8 Å². The number of carbonyl (C=O) groups is 3. The van der Waals surface area contributed by atoms with Gasteiger partial charge >= 0.3 is 5.97 Å². The third kappa shape index (κ3) is 3.73. The van der Waals surface area contributed by atoms with E-state index in [-0.39, 0.29) is 45.0 Å². The molecule has 35 heavy (non-hydrogen) atoms. The van der Waals surface area contributed by atoms with Gasteiger partial charge in [0.1, 0.15) is 5.69 Å². The number of H-pyrrole nitrogens is 1. The molecule has 174 valence electrons. The predicted octanol–water partition coefficient (Wildman–Crippen LogP) is 4.23. The van der Waals surface area contributed by atoms with Crippen molar-refractivity contribution in [3.8, 4) is 11.1 Å². The molecule has 0 spiro atoms. The molecule has 1 aromatic heterocycles. The first-order valence-corrected chi connectivity index (χ1v) is 10.5. The average Bonchev–Trinajstić information content (AvgIpc) is 3.38. The summed E-state index contributed by atoms with van der Waals surface area (Å²) >= 11 is 6.40. The molecule has 0 unspecified atom stereocenters. The number of nitrogens with one attached hydrogen (secondary N) is 1. The van der Waals surface area contributed by atoms with E-state index in [1.165, 1.54) is 36.5 Å². The van der Waals surface area contributed by atoms with E-state index in [0.717, 1.165) is 17.0 Å². The number of anilines is 1. The van der Waals surface area contributed by atoms with Gasteiger partial charge in [-0.1, -0.05) is 29.8 Å². The number of aromatic nitrogens is 3. The van der Waals surface area contributed by atoms with Crippen LogP contribution in [0, 0.1) is 11.6 Å². The number of rotatable bonds is 4. The number of aromatic amines is 1. The van der Waals surface area contributed by atoms with Crippen molar-refractivity contribution in [3.63, 3.8) is 0 Å². The summed E-state index contributed by atoms with van der Waals surface area (Å²) in [6, 6.07) is 7.03. The highest BCUT2D eigenvalue weighted by Crippen LogP contribution is 2.39. The highest BCUT2D eigenvalue weighted by Gasteiger charge is 2.40. The van der Waals surface area contributed by atoms with E-state index >= 15 is 0 Å². The molecular formula is C24H13ClF2N4O4. The zero-order valence-electron chi connectivity index (χ0n) is 17.6. The van der Waals surface area contributed by atoms with Gasteiger partial charge in [-0.25, -0.2) is 18.5 Å². The predicted molar refractivity (Wildman–Crippen MR) is 121 cm³/mol. The van der Waals surface area contributed by atoms with Gasteiger partial charge in [0.2, 0.25) is 0 Å². The van der Waals surface area contributed by atoms with Crippen molar-refractivity contribution >= 4 is 40.6 Å². The van der Waals surface area contributed by atoms with Gasteiger partial charge in [0.15, 0.2) is 11.6 Å². The Morgan fingerprint density at radius 3 is 2.49 bits per heavy atom. The first-order valence-electron chi connectivity index (χ1n) is 10.1. The number of hydrogen-bond donors (Lipinski definition) is 2. The molecule has 2 N–H and O–H groups in total. The number of allylic oxidation sites excluding steroid dienone is 3. The molecule has 0 fully saturated rings. The number of halogens is 3. The second-order valence-corrected chi connectivity index (χ2v) is 8.08. The molecule has 2 aromatic carbocycles. The smallest absolute Gasteiger partial charge is 0.337 e. The number of aromatic carboxylic acids is 1. The highest BCUT2D eigenvalue weighted by atomic mass is 35.5. The number of carboxylic acids is 1. The van der Waals surface area contributed by atoms with Crippen molar-refractivity contribution in [1.82, 2.24) is 15.4 Å². The molecule has 0 atom stereocenters. The quantitative estimate of drug-likeness (QED) is 0.524. The molecule has 0 bridgehead atoms. The summed E-state index contributed by atoms with van der Waals surface area (Å²) in [7, 11) is 0. The number of nitrogens with zero attached hydrogens (tertiary/aromatic N) is 3. The molecule has 5 rings (SSSR count). The minimum atomic E-state index is -1.37. The van der Waals surface area contributed by atoms with Gasteiger partial charge in [0, 0.05) is 11.1 Å². The Morgan fingerprint density at radius 1 is 1.06 bits per heavy atom. The second-order valence-electron chi connectivity index (χ2n) is 7.67. The molecule has 0 radical (unpaired) electrons. The van der Waals surface area contributed by atoms with Crippen LogP contribution in [0.5, 0.6) is 0 Å². The first-order chi connectivity index (χ1) is 16.8. The largest absolute Gasteiger partial charge is 0.478 e. The molecule has 3 aromatic rings. The van der Waals surface area contributed by atoms with Gasteiger partial charge in [-0.2, -0.15) is 15.4 Å². The summed E-state index contributed by atoms with van der Waals surface area (Å²) in [5.74, 6) is -4.99. The summed E-state index contributed by atoms with van der Waals surface area (Å²) in [6.45, 7) is 0. The van der Waals surface area contributed by atoms with Crippen molar-refractivity contribution in [2.45, 2.75) is 6.42 Å². The maximum absolute atomic E-state index is 13.8. The molecular weight excluding hydrogens is 482 g/mol. The molecule has 8 nitrogen and oxygen atoms in total. The van der Waals surface area contributed by atoms with Gasteiger partial charge in [0.25, 0.3) is 11.8 Å². The van der Waals surface area contributed by atoms with Gasteiger partial charge in [-0.05, 0) is 47.9 Å². The van der Waals surface area contributed by atoms with Crippen molar-refractivity contribution < 1.29 is 28.3 Å². The maximum Gasteiger partial charge on any atom is 0.337 e. The molecule has 1 aliphatic heterocycles. The van der Waals surface area contributed by atoms with Crippen LogP contribution in [0.1, 0.15) is 22.5 Å². The van der Waals surface area contributed by atoms with Gasteiger partial charge in [-0.3, -0.25) is 9.59 Å². The number of imide groups is 1. The lowest BCUT2D eigenvalue weighted by Gasteiger charge is -2.19. The summed E-state index contributed by atoms with van der Waals surface area (Å²) in [6.07, 6.45) is 4.45. The van der Waals surface area contributed by atoms with Crippen LogP contribution in [0.2, 0.25) is 0 Å². The number of carbonyl (C=O) groups excluding carboxylic acids is 2. The zero-order chi connectivity index (χ0) is 24.9. The topological polar surface area (TPSA) is 116 Å².